The van der Waals surface area contributed by atoms with E-state index in [1.54, 1.807) is 0 Å². The lowest BCUT2D eigenvalue weighted by Gasteiger charge is -2.19. The number of ketones is 1. The van der Waals surface area contributed by atoms with Gasteiger partial charge in [-0.3, -0.25) is 4.79 Å². The van der Waals surface area contributed by atoms with E-state index in [9.17, 15) is 9.82 Å². The first-order valence-electron chi connectivity index (χ1n) is 6.84. The Balaban J connectivity index is 1.84. The van der Waals surface area contributed by atoms with Gasteiger partial charge in [-0.15, -0.1) is 0 Å². The van der Waals surface area contributed by atoms with Gasteiger partial charge < -0.3 is 9.68 Å². The van der Waals surface area contributed by atoms with Gasteiger partial charge in [-0.25, -0.2) is 0 Å². The van der Waals surface area contributed by atoms with Gasteiger partial charge in [0.25, 0.3) is 0 Å². The predicted molar refractivity (Wildman–Crippen MR) is 85.9 cm³/mol. The molecule has 0 aromatic heterocycles. The number of benzene rings is 2. The maximum atomic E-state index is 12.4. The molecule has 0 saturated heterocycles. The summed E-state index contributed by atoms with van der Waals surface area (Å²) >= 11 is 3.40. The Morgan fingerprint density at radius 1 is 1.29 bits per heavy atom. The Morgan fingerprint density at radius 3 is 2.90 bits per heavy atom. The lowest BCUT2D eigenvalue weighted by atomic mass is 9.73. The van der Waals surface area contributed by atoms with E-state index in [1.165, 1.54) is 0 Å². The number of carbonyl (C=O) groups excluding carboxylic acids is 1. The molecule has 1 aliphatic rings. The molecular weight excluding hydrogens is 331 g/mol. The van der Waals surface area contributed by atoms with Crippen molar-refractivity contribution in [2.45, 2.75) is 12.8 Å². The van der Waals surface area contributed by atoms with Gasteiger partial charge in [-0.2, -0.15) is 0 Å². The molecule has 3 nitrogen and oxygen atoms in total. The van der Waals surface area contributed by atoms with E-state index in [-0.39, 0.29) is 5.78 Å². The number of hydrogen-bond acceptors (Lipinski definition) is 3. The molecule has 1 aliphatic heterocycles. The molecule has 2 aromatic rings. The van der Waals surface area contributed by atoms with Gasteiger partial charge in [-0.1, -0.05) is 52.3 Å². The summed E-state index contributed by atoms with van der Waals surface area (Å²) in [7, 11) is -0.882. The summed E-state index contributed by atoms with van der Waals surface area (Å²) in [6.45, 7) is 0.531. The number of fused-ring (bicyclic) bond motifs is 1. The Morgan fingerprint density at radius 2 is 2.10 bits per heavy atom. The molecule has 1 N–H and O–H groups in total. The van der Waals surface area contributed by atoms with E-state index in [0.29, 0.717) is 18.6 Å². The molecule has 0 spiro atoms. The highest BCUT2D eigenvalue weighted by molar-refractivity contribution is 9.10. The number of Topliss-reactive ketones (excluding diaryl/α,β-unsaturated/α-hetero) is 1. The fourth-order valence-corrected chi connectivity index (χ4v) is 3.06. The van der Waals surface area contributed by atoms with Crippen LogP contribution in [0.3, 0.4) is 0 Å². The molecule has 0 radical (unpaired) electrons. The number of rotatable bonds is 3. The monoisotopic (exact) mass is 344 g/mol. The SMILES string of the molecule is O=C(Cc1ccc2c(c1)B(O)OCC2)c1ccccc1Br. The number of hydrogen-bond donors (Lipinski definition) is 1. The minimum atomic E-state index is -0.882. The molecule has 2 aromatic carbocycles. The molecule has 5 heteroatoms. The topological polar surface area (TPSA) is 46.5 Å². The Hall–Kier alpha value is -1.43. The zero-order valence-corrected chi connectivity index (χ0v) is 13.0. The average molecular weight is 345 g/mol. The molecule has 0 atom stereocenters. The van der Waals surface area contributed by atoms with Gasteiger partial charge in [0, 0.05) is 23.1 Å². The Bertz CT molecular complexity index is 687. The Labute approximate surface area is 132 Å². The van der Waals surface area contributed by atoms with Crippen molar-refractivity contribution >= 4 is 34.3 Å². The third-order valence-corrected chi connectivity index (χ3v) is 4.35. The van der Waals surface area contributed by atoms with E-state index in [0.717, 1.165) is 27.5 Å². The highest BCUT2D eigenvalue weighted by Crippen LogP contribution is 2.18. The normalized spacial score (nSPS) is 13.9. The summed E-state index contributed by atoms with van der Waals surface area (Å²) < 4.78 is 6.03. The van der Waals surface area contributed by atoms with Crippen LogP contribution in [0.25, 0.3) is 0 Å². The second kappa shape index (κ2) is 6.14. The van der Waals surface area contributed by atoms with Crippen LogP contribution in [-0.4, -0.2) is 24.5 Å². The van der Waals surface area contributed by atoms with E-state index < -0.39 is 7.12 Å². The smallest absolute Gasteiger partial charge is 0.423 e. The van der Waals surface area contributed by atoms with Gasteiger partial charge in [0.05, 0.1) is 0 Å². The quantitative estimate of drug-likeness (QED) is 0.685. The maximum Gasteiger partial charge on any atom is 0.491 e. The van der Waals surface area contributed by atoms with Crippen molar-refractivity contribution in [2.75, 3.05) is 6.61 Å². The molecule has 106 valence electrons. The minimum absolute atomic E-state index is 0.0497. The minimum Gasteiger partial charge on any atom is -0.423 e. The van der Waals surface area contributed by atoms with Crippen LogP contribution < -0.4 is 5.46 Å². The summed E-state index contributed by atoms with van der Waals surface area (Å²) in [6.07, 6.45) is 1.10. The first-order valence-corrected chi connectivity index (χ1v) is 7.63. The van der Waals surface area contributed by atoms with Crippen molar-refractivity contribution < 1.29 is 14.5 Å². The third kappa shape index (κ3) is 3.10. The number of halogens is 1. The maximum absolute atomic E-state index is 12.4. The van der Waals surface area contributed by atoms with Gasteiger partial charge >= 0.3 is 7.12 Å². The summed E-state index contributed by atoms with van der Waals surface area (Å²) in [5.41, 5.74) is 3.43. The van der Waals surface area contributed by atoms with Crippen molar-refractivity contribution in [1.29, 1.82) is 0 Å². The molecule has 1 heterocycles. The highest BCUT2D eigenvalue weighted by atomic mass is 79.9. The molecular formula is C16H14BBrO3. The molecule has 21 heavy (non-hydrogen) atoms. The largest absolute Gasteiger partial charge is 0.491 e. The van der Waals surface area contributed by atoms with E-state index in [1.807, 2.05) is 42.5 Å². The Kier molecular flexibility index (Phi) is 4.24. The van der Waals surface area contributed by atoms with E-state index >= 15 is 0 Å². The second-order valence-electron chi connectivity index (χ2n) is 5.09. The lowest BCUT2D eigenvalue weighted by molar-refractivity contribution is 0.0992. The first-order chi connectivity index (χ1) is 10.1. The van der Waals surface area contributed by atoms with Crippen LogP contribution in [0.2, 0.25) is 0 Å². The van der Waals surface area contributed by atoms with Gasteiger partial charge in [0.1, 0.15) is 0 Å². The van der Waals surface area contributed by atoms with E-state index in [4.69, 9.17) is 4.65 Å². The van der Waals surface area contributed by atoms with Crippen LogP contribution in [-0.2, 0) is 17.5 Å². The summed E-state index contributed by atoms with van der Waals surface area (Å²) in [5.74, 6) is 0.0497. The average Bonchev–Trinajstić information content (AvgIpc) is 2.48. The standard InChI is InChI=1S/C16H14BBrO3/c18-15-4-2-1-3-13(15)16(19)10-11-5-6-12-7-8-21-17(20)14(12)9-11/h1-6,9,20H,7-8,10H2. The van der Waals surface area contributed by atoms with Gasteiger partial charge in [-0.05, 0) is 29.1 Å². The molecule has 0 aliphatic carbocycles. The second-order valence-corrected chi connectivity index (χ2v) is 5.94. The molecule has 0 bridgehead atoms. The zero-order valence-electron chi connectivity index (χ0n) is 11.4. The number of carbonyl (C=O) groups is 1. The highest BCUT2D eigenvalue weighted by Gasteiger charge is 2.25. The molecule has 3 rings (SSSR count). The summed E-state index contributed by atoms with van der Waals surface area (Å²) in [6, 6.07) is 13.2. The van der Waals surface area contributed by atoms with E-state index in [2.05, 4.69) is 15.9 Å². The fraction of sp³-hybridized carbons (Fsp3) is 0.188. The third-order valence-electron chi connectivity index (χ3n) is 3.66. The first kappa shape index (κ1) is 14.5. The van der Waals surface area contributed by atoms with Crippen LogP contribution in [0.1, 0.15) is 21.5 Å². The van der Waals surface area contributed by atoms with Gasteiger partial charge in [0.15, 0.2) is 5.78 Å². The predicted octanol–water partition coefficient (Wildman–Crippen LogP) is 2.13. The van der Waals surface area contributed by atoms with Crippen molar-refractivity contribution in [2.24, 2.45) is 0 Å². The van der Waals surface area contributed by atoms with Gasteiger partial charge in [0.2, 0.25) is 0 Å². The summed E-state index contributed by atoms with van der Waals surface area (Å²) in [4.78, 5) is 12.4. The van der Waals surface area contributed by atoms with Crippen molar-refractivity contribution in [3.05, 3.63) is 63.6 Å². The van der Waals surface area contributed by atoms with Crippen LogP contribution in [0.15, 0.2) is 46.9 Å². The van der Waals surface area contributed by atoms with Crippen molar-refractivity contribution in [1.82, 2.24) is 0 Å². The van der Waals surface area contributed by atoms with Crippen LogP contribution in [0, 0.1) is 0 Å². The summed E-state index contributed by atoms with van der Waals surface area (Å²) in [5, 5.41) is 9.87. The zero-order chi connectivity index (χ0) is 14.8. The molecule has 0 amide bonds. The fourth-order valence-electron chi connectivity index (χ4n) is 2.55. The van der Waals surface area contributed by atoms with Crippen molar-refractivity contribution in [3.63, 3.8) is 0 Å². The van der Waals surface area contributed by atoms with Crippen molar-refractivity contribution in [3.8, 4) is 0 Å². The molecule has 0 unspecified atom stereocenters. The van der Waals surface area contributed by atoms with Crippen LogP contribution in [0.4, 0.5) is 0 Å². The lowest BCUT2D eigenvalue weighted by Crippen LogP contribution is -2.41. The van der Waals surface area contributed by atoms with Crippen LogP contribution >= 0.6 is 15.9 Å². The molecule has 0 fully saturated rings. The van der Waals surface area contributed by atoms with Crippen LogP contribution in [0.5, 0.6) is 0 Å². The molecule has 0 saturated carbocycles.